The molecule has 0 amide bonds. The average Bonchev–Trinajstić information content (AvgIpc) is 3.05. The number of aryl methyl sites for hydroxylation is 2. The van der Waals surface area contributed by atoms with Crippen LogP contribution in [0.4, 0.5) is 0 Å². The summed E-state index contributed by atoms with van der Waals surface area (Å²) in [6, 6.07) is 17.6. The highest BCUT2D eigenvalue weighted by molar-refractivity contribution is 7.99. The summed E-state index contributed by atoms with van der Waals surface area (Å²) in [6.45, 7) is 1.54. The molecule has 4 rings (SSSR count). The molecule has 146 valence electrons. The van der Waals surface area contributed by atoms with Crippen LogP contribution < -0.4 is 11.4 Å². The standard InChI is InChI=1S/C21H19N5O2S/c1-13-20(28)26(22)21(24-23-13)29-12-17(27)18-15-10-6-7-11-16(15)25(2)19(18)14-8-4-3-5-9-14/h3-11H,12,22H2,1-2H3. The van der Waals surface area contributed by atoms with Gasteiger partial charge in [0.1, 0.15) is 5.69 Å². The third-order valence-corrected chi connectivity index (χ3v) is 5.73. The van der Waals surface area contributed by atoms with E-state index >= 15 is 0 Å². The number of hydrogen-bond acceptors (Lipinski definition) is 6. The SMILES string of the molecule is Cc1nnc(SCC(=O)c2c(-c3ccccc3)n(C)c3ccccc23)n(N)c1=O. The normalized spacial score (nSPS) is 11.1. The highest BCUT2D eigenvalue weighted by Gasteiger charge is 2.22. The third kappa shape index (κ3) is 3.31. The maximum absolute atomic E-state index is 13.3. The lowest BCUT2D eigenvalue weighted by molar-refractivity contribution is 0.102. The molecule has 2 aromatic carbocycles. The molecule has 8 heteroatoms. The second kappa shape index (κ2) is 7.56. The van der Waals surface area contributed by atoms with Crippen LogP contribution in [0.1, 0.15) is 16.1 Å². The van der Waals surface area contributed by atoms with Crippen molar-refractivity contribution < 1.29 is 4.79 Å². The van der Waals surface area contributed by atoms with Crippen LogP contribution in [0.15, 0.2) is 64.5 Å². The Hall–Kier alpha value is -3.39. The number of nitrogens with two attached hydrogens (primary N) is 1. The van der Waals surface area contributed by atoms with E-state index in [1.54, 1.807) is 6.92 Å². The third-order valence-electron chi connectivity index (χ3n) is 4.79. The van der Waals surface area contributed by atoms with E-state index in [2.05, 4.69) is 10.2 Å². The van der Waals surface area contributed by atoms with Gasteiger partial charge in [-0.1, -0.05) is 60.3 Å². The number of carbonyl (C=O) groups excluding carboxylic acids is 1. The van der Waals surface area contributed by atoms with Gasteiger partial charge in [0.2, 0.25) is 5.16 Å². The van der Waals surface area contributed by atoms with Crippen molar-refractivity contribution >= 4 is 28.4 Å². The van der Waals surface area contributed by atoms with Crippen LogP contribution >= 0.6 is 11.8 Å². The van der Waals surface area contributed by atoms with E-state index in [0.717, 1.165) is 38.6 Å². The molecule has 2 aromatic heterocycles. The first-order valence-electron chi connectivity index (χ1n) is 8.99. The molecular weight excluding hydrogens is 386 g/mol. The van der Waals surface area contributed by atoms with Crippen molar-refractivity contribution in [3.8, 4) is 11.3 Å². The maximum atomic E-state index is 13.3. The first kappa shape index (κ1) is 18.9. The summed E-state index contributed by atoms with van der Waals surface area (Å²) < 4.78 is 2.97. The van der Waals surface area contributed by atoms with Crippen LogP contribution in [-0.2, 0) is 7.05 Å². The predicted molar refractivity (Wildman–Crippen MR) is 115 cm³/mol. The van der Waals surface area contributed by atoms with E-state index in [4.69, 9.17) is 5.84 Å². The topological polar surface area (TPSA) is 95.8 Å². The summed E-state index contributed by atoms with van der Waals surface area (Å²) in [4.78, 5) is 25.2. The predicted octanol–water partition coefficient (Wildman–Crippen LogP) is 2.79. The number of rotatable bonds is 5. The van der Waals surface area contributed by atoms with E-state index < -0.39 is 5.56 Å². The minimum atomic E-state index is -0.426. The summed E-state index contributed by atoms with van der Waals surface area (Å²) >= 11 is 1.10. The fourth-order valence-electron chi connectivity index (χ4n) is 3.38. The highest BCUT2D eigenvalue weighted by atomic mass is 32.2. The van der Waals surface area contributed by atoms with Crippen LogP contribution in [0.3, 0.4) is 0 Å². The Morgan fingerprint density at radius 2 is 1.76 bits per heavy atom. The fraction of sp³-hybridized carbons (Fsp3) is 0.143. The number of nitrogens with zero attached hydrogens (tertiary/aromatic N) is 4. The first-order chi connectivity index (χ1) is 14.0. The Bertz CT molecular complexity index is 1280. The van der Waals surface area contributed by atoms with Gasteiger partial charge >= 0.3 is 0 Å². The summed E-state index contributed by atoms with van der Waals surface area (Å²) in [7, 11) is 1.96. The highest BCUT2D eigenvalue weighted by Crippen LogP contribution is 2.34. The lowest BCUT2D eigenvalue weighted by atomic mass is 10.0. The van der Waals surface area contributed by atoms with Crippen molar-refractivity contribution in [1.29, 1.82) is 0 Å². The molecular formula is C21H19N5O2S. The molecule has 29 heavy (non-hydrogen) atoms. The van der Waals surface area contributed by atoms with Gasteiger partial charge in [0, 0.05) is 18.0 Å². The van der Waals surface area contributed by atoms with Gasteiger partial charge in [-0.05, 0) is 18.6 Å². The smallest absolute Gasteiger partial charge is 0.294 e. The number of hydrogen-bond donors (Lipinski definition) is 1. The molecule has 0 aliphatic carbocycles. The van der Waals surface area contributed by atoms with E-state index in [0.29, 0.717) is 5.56 Å². The second-order valence-corrected chi connectivity index (χ2v) is 7.56. The molecule has 7 nitrogen and oxygen atoms in total. The Kier molecular flexibility index (Phi) is 4.94. The minimum Gasteiger partial charge on any atom is -0.343 e. The number of nitrogen functional groups attached to an aromatic ring is 1. The fourth-order valence-corrected chi connectivity index (χ4v) is 4.11. The zero-order valence-corrected chi connectivity index (χ0v) is 16.8. The monoisotopic (exact) mass is 405 g/mol. The van der Waals surface area contributed by atoms with E-state index in [-0.39, 0.29) is 22.4 Å². The molecule has 2 N–H and O–H groups in total. The zero-order chi connectivity index (χ0) is 20.5. The van der Waals surface area contributed by atoms with Crippen LogP contribution in [-0.4, -0.2) is 31.0 Å². The van der Waals surface area contributed by atoms with Crippen LogP contribution in [0.2, 0.25) is 0 Å². The molecule has 0 radical (unpaired) electrons. The Balaban J connectivity index is 1.76. The van der Waals surface area contributed by atoms with Crippen LogP contribution in [0.5, 0.6) is 0 Å². The van der Waals surface area contributed by atoms with Gasteiger partial charge in [-0.3, -0.25) is 9.59 Å². The number of thioether (sulfide) groups is 1. The van der Waals surface area contributed by atoms with Gasteiger partial charge in [0.25, 0.3) is 5.56 Å². The Morgan fingerprint density at radius 1 is 1.07 bits per heavy atom. The number of Topliss-reactive ketones (excluding diaryl/α,β-unsaturated/α-hetero) is 1. The average molecular weight is 405 g/mol. The molecule has 0 fully saturated rings. The number of para-hydroxylation sites is 1. The lowest BCUT2D eigenvalue weighted by Gasteiger charge is -2.09. The molecule has 2 heterocycles. The van der Waals surface area contributed by atoms with Gasteiger partial charge < -0.3 is 10.4 Å². The summed E-state index contributed by atoms with van der Waals surface area (Å²) in [5.74, 6) is 5.81. The number of fused-ring (bicyclic) bond motifs is 1. The summed E-state index contributed by atoms with van der Waals surface area (Å²) in [6.07, 6.45) is 0. The molecule has 4 aromatic rings. The van der Waals surface area contributed by atoms with Crippen molar-refractivity contribution in [2.24, 2.45) is 7.05 Å². The van der Waals surface area contributed by atoms with Gasteiger partial charge in [-0.25, -0.2) is 0 Å². The van der Waals surface area contributed by atoms with E-state index in [1.807, 2.05) is 66.2 Å². The molecule has 0 unspecified atom stereocenters. The summed E-state index contributed by atoms with van der Waals surface area (Å²) in [5, 5.41) is 8.85. The van der Waals surface area contributed by atoms with Gasteiger partial charge in [-0.15, -0.1) is 10.2 Å². The molecule has 0 bridgehead atoms. The number of benzene rings is 2. The van der Waals surface area contributed by atoms with Crippen molar-refractivity contribution in [1.82, 2.24) is 19.4 Å². The molecule has 0 spiro atoms. The molecule has 0 aliphatic rings. The Labute approximate surface area is 171 Å². The Morgan fingerprint density at radius 3 is 2.52 bits per heavy atom. The van der Waals surface area contributed by atoms with Gasteiger partial charge in [0.15, 0.2) is 5.78 Å². The number of carbonyl (C=O) groups is 1. The first-order valence-corrected chi connectivity index (χ1v) is 9.98. The molecule has 0 saturated carbocycles. The van der Waals surface area contributed by atoms with Crippen molar-refractivity contribution in [3.63, 3.8) is 0 Å². The van der Waals surface area contributed by atoms with Crippen molar-refractivity contribution in [2.45, 2.75) is 12.1 Å². The summed E-state index contributed by atoms with van der Waals surface area (Å²) in [5.41, 5.74) is 3.23. The quantitative estimate of drug-likeness (QED) is 0.312. The maximum Gasteiger partial charge on any atom is 0.294 e. The minimum absolute atomic E-state index is 0.0690. The van der Waals surface area contributed by atoms with Gasteiger partial charge in [0.05, 0.1) is 17.0 Å². The van der Waals surface area contributed by atoms with E-state index in [9.17, 15) is 9.59 Å². The molecule has 0 aliphatic heterocycles. The lowest BCUT2D eigenvalue weighted by Crippen LogP contribution is -2.32. The van der Waals surface area contributed by atoms with Crippen LogP contribution in [0, 0.1) is 6.92 Å². The molecule has 0 saturated heterocycles. The van der Waals surface area contributed by atoms with Gasteiger partial charge in [-0.2, -0.15) is 4.68 Å². The number of aromatic nitrogens is 4. The number of ketones is 1. The van der Waals surface area contributed by atoms with E-state index in [1.165, 1.54) is 0 Å². The largest absolute Gasteiger partial charge is 0.343 e. The van der Waals surface area contributed by atoms with Crippen LogP contribution in [0.25, 0.3) is 22.2 Å². The second-order valence-electron chi connectivity index (χ2n) is 6.62. The molecule has 0 atom stereocenters. The zero-order valence-electron chi connectivity index (χ0n) is 16.0. The van der Waals surface area contributed by atoms with Crippen molar-refractivity contribution in [3.05, 3.63) is 76.2 Å². The van der Waals surface area contributed by atoms with Crippen molar-refractivity contribution in [2.75, 3.05) is 11.6 Å².